The molecule has 0 saturated carbocycles. The molecule has 0 atom stereocenters. The third-order valence-corrected chi connectivity index (χ3v) is 5.28. The molecule has 2 N–H and O–H groups in total. The van der Waals surface area contributed by atoms with E-state index >= 15 is 0 Å². The summed E-state index contributed by atoms with van der Waals surface area (Å²) in [6.45, 7) is 4.62. The number of guanidine groups is 1. The molecule has 0 spiro atoms. The Morgan fingerprint density at radius 3 is 2.50 bits per heavy atom. The molecule has 3 rings (SSSR count). The molecule has 0 bridgehead atoms. The zero-order valence-electron chi connectivity index (χ0n) is 17.7. The third-order valence-electron chi connectivity index (χ3n) is 4.43. The number of hydrogen-bond acceptors (Lipinski definition) is 5. The minimum atomic E-state index is -4.44. The zero-order chi connectivity index (χ0) is 22.4. The Balaban J connectivity index is 0.00000363. The first-order valence-electron chi connectivity index (χ1n) is 9.41. The number of rotatable bonds is 6. The number of alkyl halides is 3. The predicted octanol–water partition coefficient (Wildman–Crippen LogP) is 5.45. The van der Waals surface area contributed by atoms with Gasteiger partial charge in [-0.25, -0.2) is 9.97 Å². The molecule has 2 heterocycles. The van der Waals surface area contributed by atoms with Crippen molar-refractivity contribution in [1.29, 1.82) is 0 Å². The van der Waals surface area contributed by atoms with Gasteiger partial charge in [0.25, 0.3) is 0 Å². The summed E-state index contributed by atoms with van der Waals surface area (Å²) in [4.78, 5) is 11.9. The minimum absolute atomic E-state index is 0. The highest BCUT2D eigenvalue weighted by Gasteiger charge is 2.33. The second kappa shape index (κ2) is 11.5. The lowest BCUT2D eigenvalue weighted by molar-refractivity contribution is -0.140. The first-order chi connectivity index (χ1) is 14.7. The number of aryl methyl sites for hydroxylation is 2. The fourth-order valence-electron chi connectivity index (χ4n) is 2.60. The maximum atomic E-state index is 12.7. The molecule has 0 aliphatic rings. The van der Waals surface area contributed by atoms with Crippen molar-refractivity contribution in [1.82, 2.24) is 20.6 Å². The van der Waals surface area contributed by atoms with Gasteiger partial charge in [0.2, 0.25) is 5.88 Å². The molecule has 11 heteroatoms. The number of pyridine rings is 1. The van der Waals surface area contributed by atoms with E-state index in [1.165, 1.54) is 5.56 Å². The lowest BCUT2D eigenvalue weighted by atomic mass is 10.1. The van der Waals surface area contributed by atoms with E-state index in [1.54, 1.807) is 13.2 Å². The Bertz CT molecular complexity index is 1070. The number of aromatic nitrogens is 2. The van der Waals surface area contributed by atoms with Crippen LogP contribution in [0.3, 0.4) is 0 Å². The van der Waals surface area contributed by atoms with Gasteiger partial charge in [0.05, 0.1) is 6.54 Å². The molecule has 0 aliphatic heterocycles. The molecule has 0 fully saturated rings. The van der Waals surface area contributed by atoms with Crippen molar-refractivity contribution in [3.63, 3.8) is 0 Å². The number of thiazole rings is 1. The lowest BCUT2D eigenvalue weighted by Crippen LogP contribution is -2.36. The molecule has 32 heavy (non-hydrogen) atoms. The lowest BCUT2D eigenvalue weighted by Gasteiger charge is -2.12. The van der Waals surface area contributed by atoms with Crippen molar-refractivity contribution in [2.75, 3.05) is 7.05 Å². The normalized spacial score (nSPS) is 11.6. The first kappa shape index (κ1) is 25.8. The van der Waals surface area contributed by atoms with Crippen LogP contribution in [0.15, 0.2) is 46.9 Å². The van der Waals surface area contributed by atoms with E-state index in [0.29, 0.717) is 29.1 Å². The SMILES string of the molecule is CN=C(NCc1ccnc(Oc2ccc(C)c(C)c2)c1)NCc1nc(C(F)(F)F)cs1.I. The molecular weight excluding hydrogens is 554 g/mol. The van der Waals surface area contributed by atoms with Crippen LogP contribution < -0.4 is 15.4 Å². The van der Waals surface area contributed by atoms with Crippen molar-refractivity contribution in [3.8, 4) is 11.6 Å². The van der Waals surface area contributed by atoms with Crippen LogP contribution in [0.1, 0.15) is 27.4 Å². The molecule has 0 unspecified atom stereocenters. The fraction of sp³-hybridized carbons (Fsp3) is 0.286. The van der Waals surface area contributed by atoms with Gasteiger partial charge in [-0.05, 0) is 48.7 Å². The Kier molecular flexibility index (Phi) is 9.25. The van der Waals surface area contributed by atoms with E-state index in [-0.39, 0.29) is 30.5 Å². The Morgan fingerprint density at radius 1 is 1.09 bits per heavy atom. The predicted molar refractivity (Wildman–Crippen MR) is 130 cm³/mol. The summed E-state index contributed by atoms with van der Waals surface area (Å²) in [7, 11) is 1.58. The Labute approximate surface area is 205 Å². The van der Waals surface area contributed by atoms with Crippen molar-refractivity contribution in [2.24, 2.45) is 4.99 Å². The van der Waals surface area contributed by atoms with Gasteiger partial charge < -0.3 is 15.4 Å². The summed E-state index contributed by atoms with van der Waals surface area (Å²) >= 11 is 0.947. The van der Waals surface area contributed by atoms with Crippen LogP contribution in [0.4, 0.5) is 13.2 Å². The largest absolute Gasteiger partial charge is 0.439 e. The van der Waals surface area contributed by atoms with Gasteiger partial charge in [0.15, 0.2) is 11.7 Å². The van der Waals surface area contributed by atoms with Crippen LogP contribution in [0.25, 0.3) is 0 Å². The van der Waals surface area contributed by atoms with Gasteiger partial charge in [-0.1, -0.05) is 6.07 Å². The molecule has 172 valence electrons. The van der Waals surface area contributed by atoms with Crippen LogP contribution in [0, 0.1) is 13.8 Å². The molecule has 1 aromatic carbocycles. The van der Waals surface area contributed by atoms with Crippen LogP contribution in [-0.4, -0.2) is 23.0 Å². The Hall–Kier alpha value is -2.41. The van der Waals surface area contributed by atoms with E-state index in [1.807, 2.05) is 44.2 Å². The van der Waals surface area contributed by atoms with Crippen LogP contribution >= 0.6 is 35.3 Å². The Morgan fingerprint density at radius 2 is 1.84 bits per heavy atom. The van der Waals surface area contributed by atoms with Crippen molar-refractivity contribution in [3.05, 3.63) is 69.3 Å². The average molecular weight is 577 g/mol. The highest BCUT2D eigenvalue weighted by atomic mass is 127. The molecule has 3 aromatic rings. The van der Waals surface area contributed by atoms with E-state index < -0.39 is 11.9 Å². The zero-order valence-corrected chi connectivity index (χ0v) is 20.8. The first-order valence-corrected chi connectivity index (χ1v) is 10.3. The van der Waals surface area contributed by atoms with Gasteiger partial charge in [0.1, 0.15) is 10.8 Å². The van der Waals surface area contributed by atoms with E-state index in [2.05, 4.69) is 25.6 Å². The number of halogens is 4. The number of ether oxygens (including phenoxy) is 1. The van der Waals surface area contributed by atoms with Crippen molar-refractivity contribution < 1.29 is 17.9 Å². The topological polar surface area (TPSA) is 71.4 Å². The summed E-state index contributed by atoms with van der Waals surface area (Å²) in [5, 5.41) is 7.39. The molecule has 0 radical (unpaired) electrons. The van der Waals surface area contributed by atoms with Gasteiger partial charge in [-0.2, -0.15) is 13.2 Å². The van der Waals surface area contributed by atoms with E-state index in [9.17, 15) is 13.2 Å². The molecule has 2 aromatic heterocycles. The van der Waals surface area contributed by atoms with Gasteiger partial charge in [-0.15, -0.1) is 35.3 Å². The summed E-state index contributed by atoms with van der Waals surface area (Å²) in [5.41, 5.74) is 2.34. The third kappa shape index (κ3) is 7.33. The number of aliphatic imine (C=N–C) groups is 1. The second-order valence-corrected chi connectivity index (χ2v) is 7.70. The number of benzene rings is 1. The quantitative estimate of drug-likeness (QED) is 0.232. The van der Waals surface area contributed by atoms with Crippen molar-refractivity contribution in [2.45, 2.75) is 33.1 Å². The smallest absolute Gasteiger partial charge is 0.434 e. The summed E-state index contributed by atoms with van der Waals surface area (Å²) in [5.74, 6) is 1.62. The van der Waals surface area contributed by atoms with Crippen LogP contribution in [0.2, 0.25) is 0 Å². The van der Waals surface area contributed by atoms with E-state index in [0.717, 1.165) is 27.8 Å². The van der Waals surface area contributed by atoms with Crippen molar-refractivity contribution >= 4 is 41.3 Å². The maximum absolute atomic E-state index is 12.7. The van der Waals surface area contributed by atoms with E-state index in [4.69, 9.17) is 4.74 Å². The minimum Gasteiger partial charge on any atom is -0.439 e. The van der Waals surface area contributed by atoms with Gasteiger partial charge >= 0.3 is 6.18 Å². The molecule has 6 nitrogen and oxygen atoms in total. The number of nitrogens with one attached hydrogen (secondary N) is 2. The standard InChI is InChI=1S/C21H22F3N5OS.HI/c1-13-4-5-16(8-14(13)2)30-18-9-15(6-7-26-18)10-27-20(25-3)28-11-19-29-17(12-31-19)21(22,23)24;/h4-9,12H,10-11H2,1-3H3,(H2,25,27,28);1H. The average Bonchev–Trinajstić information content (AvgIpc) is 3.21. The maximum Gasteiger partial charge on any atom is 0.434 e. The second-order valence-electron chi connectivity index (χ2n) is 6.75. The molecule has 0 aliphatic carbocycles. The summed E-state index contributed by atoms with van der Waals surface area (Å²) in [6, 6.07) is 9.49. The molecule has 0 amide bonds. The number of nitrogens with zero attached hydrogens (tertiary/aromatic N) is 3. The highest BCUT2D eigenvalue weighted by Crippen LogP contribution is 2.30. The fourth-order valence-corrected chi connectivity index (χ4v) is 3.34. The summed E-state index contributed by atoms with van der Waals surface area (Å²) < 4.78 is 43.8. The summed E-state index contributed by atoms with van der Waals surface area (Å²) in [6.07, 6.45) is -2.79. The monoisotopic (exact) mass is 577 g/mol. The van der Waals surface area contributed by atoms with Crippen LogP contribution in [0.5, 0.6) is 11.6 Å². The molecule has 0 saturated heterocycles. The number of hydrogen-bond donors (Lipinski definition) is 2. The van der Waals surface area contributed by atoms with Crippen LogP contribution in [-0.2, 0) is 19.3 Å². The molecular formula is C21H23F3IN5OS. The van der Waals surface area contributed by atoms with Gasteiger partial charge in [0, 0.05) is 31.2 Å². The highest BCUT2D eigenvalue weighted by molar-refractivity contribution is 14.0. The van der Waals surface area contributed by atoms with Gasteiger partial charge in [-0.3, -0.25) is 4.99 Å².